The molecule has 2 aliphatic heterocycles. The van der Waals surface area contributed by atoms with Crippen LogP contribution in [-0.2, 0) is 4.79 Å². The fraction of sp³-hybridized carbons (Fsp3) is 0.867. The predicted molar refractivity (Wildman–Crippen MR) is 75.7 cm³/mol. The predicted octanol–water partition coefficient (Wildman–Crippen LogP) is 0.994. The molecule has 2 heterocycles. The lowest BCUT2D eigenvalue weighted by Gasteiger charge is -2.37. The fourth-order valence-corrected chi connectivity index (χ4v) is 4.22. The molecule has 2 amide bonds. The minimum Gasteiger partial charge on any atom is -0.480 e. The van der Waals surface area contributed by atoms with Crippen molar-refractivity contribution in [3.05, 3.63) is 0 Å². The van der Waals surface area contributed by atoms with Crippen molar-refractivity contribution >= 4 is 12.0 Å². The number of aliphatic hydroxyl groups excluding tert-OH is 1. The van der Waals surface area contributed by atoms with Crippen LogP contribution in [0.15, 0.2) is 0 Å². The molecule has 0 aromatic carbocycles. The molecule has 3 fully saturated rings. The number of urea groups is 1. The van der Waals surface area contributed by atoms with E-state index >= 15 is 0 Å². The maximum absolute atomic E-state index is 12.7. The van der Waals surface area contributed by atoms with E-state index in [1.807, 2.05) is 6.92 Å². The number of piperidine rings is 1. The van der Waals surface area contributed by atoms with Gasteiger partial charge in [0.2, 0.25) is 0 Å². The second-order valence-corrected chi connectivity index (χ2v) is 6.85. The highest BCUT2D eigenvalue weighted by Gasteiger charge is 2.50. The molecule has 0 aromatic heterocycles. The van der Waals surface area contributed by atoms with Gasteiger partial charge in [0.05, 0.1) is 6.10 Å². The third-order valence-corrected chi connectivity index (χ3v) is 5.58. The second-order valence-electron chi connectivity index (χ2n) is 6.85. The number of hydrogen-bond acceptors (Lipinski definition) is 3. The summed E-state index contributed by atoms with van der Waals surface area (Å²) in [4.78, 5) is 27.4. The van der Waals surface area contributed by atoms with Gasteiger partial charge in [0, 0.05) is 19.6 Å². The van der Waals surface area contributed by atoms with E-state index in [0.29, 0.717) is 25.6 Å². The molecule has 118 valence electrons. The van der Waals surface area contributed by atoms with Crippen molar-refractivity contribution in [3.63, 3.8) is 0 Å². The van der Waals surface area contributed by atoms with Gasteiger partial charge in [-0.2, -0.15) is 0 Å². The highest BCUT2D eigenvalue weighted by molar-refractivity contribution is 5.84. The third-order valence-electron chi connectivity index (χ3n) is 5.58. The van der Waals surface area contributed by atoms with Gasteiger partial charge in [0.15, 0.2) is 0 Å². The van der Waals surface area contributed by atoms with Crippen molar-refractivity contribution in [2.24, 2.45) is 17.8 Å². The zero-order valence-electron chi connectivity index (χ0n) is 12.4. The summed E-state index contributed by atoms with van der Waals surface area (Å²) in [5.41, 5.74) is 0. The number of nitrogens with zero attached hydrogens (tertiary/aromatic N) is 2. The standard InChI is InChI=1S/C15H24N2O4/c1-9-5-6-16(8-12(9)18)15(21)17-7-10-3-2-4-11(10)13(17)14(19)20/h9-13,18H,2-8H2,1H3,(H,19,20). The van der Waals surface area contributed by atoms with Crippen LogP contribution in [0, 0.1) is 17.8 Å². The lowest BCUT2D eigenvalue weighted by molar-refractivity contribution is -0.142. The molecule has 6 nitrogen and oxygen atoms in total. The summed E-state index contributed by atoms with van der Waals surface area (Å²) in [6, 6.07) is -0.885. The first kappa shape index (κ1) is 14.6. The maximum atomic E-state index is 12.7. The highest BCUT2D eigenvalue weighted by Crippen LogP contribution is 2.42. The number of fused-ring (bicyclic) bond motifs is 1. The van der Waals surface area contributed by atoms with Crippen molar-refractivity contribution in [1.82, 2.24) is 9.80 Å². The Morgan fingerprint density at radius 3 is 2.57 bits per heavy atom. The molecule has 6 heteroatoms. The zero-order valence-corrected chi connectivity index (χ0v) is 12.4. The average molecular weight is 296 g/mol. The minimum absolute atomic E-state index is 0.111. The highest BCUT2D eigenvalue weighted by atomic mass is 16.4. The SMILES string of the molecule is CC1CCN(C(=O)N2CC3CCCC3C2C(=O)O)CC1O. The number of aliphatic hydroxyl groups is 1. The van der Waals surface area contributed by atoms with Gasteiger partial charge in [0.25, 0.3) is 0 Å². The largest absolute Gasteiger partial charge is 0.480 e. The van der Waals surface area contributed by atoms with Gasteiger partial charge in [-0.25, -0.2) is 9.59 Å². The van der Waals surface area contributed by atoms with Gasteiger partial charge in [-0.15, -0.1) is 0 Å². The first-order chi connectivity index (χ1) is 9.99. The Morgan fingerprint density at radius 2 is 1.90 bits per heavy atom. The van der Waals surface area contributed by atoms with E-state index < -0.39 is 18.1 Å². The summed E-state index contributed by atoms with van der Waals surface area (Å²) in [6.45, 7) is 3.46. The number of likely N-dealkylation sites (tertiary alicyclic amines) is 2. The van der Waals surface area contributed by atoms with Crippen molar-refractivity contribution in [3.8, 4) is 0 Å². The quantitative estimate of drug-likeness (QED) is 0.756. The zero-order chi connectivity index (χ0) is 15.1. The van der Waals surface area contributed by atoms with Crippen LogP contribution in [0.2, 0.25) is 0 Å². The maximum Gasteiger partial charge on any atom is 0.326 e. The number of carbonyl (C=O) groups is 2. The van der Waals surface area contributed by atoms with Crippen LogP contribution < -0.4 is 0 Å². The number of hydrogen-bond donors (Lipinski definition) is 2. The summed E-state index contributed by atoms with van der Waals surface area (Å²) >= 11 is 0. The molecular formula is C15H24N2O4. The van der Waals surface area contributed by atoms with Crippen LogP contribution in [0.3, 0.4) is 0 Å². The molecule has 21 heavy (non-hydrogen) atoms. The molecule has 1 saturated carbocycles. The summed E-state index contributed by atoms with van der Waals surface area (Å²) < 4.78 is 0. The number of aliphatic carboxylic acids is 1. The Hall–Kier alpha value is -1.30. The Labute approximate surface area is 124 Å². The van der Waals surface area contributed by atoms with Crippen molar-refractivity contribution in [2.75, 3.05) is 19.6 Å². The fourth-order valence-electron chi connectivity index (χ4n) is 4.22. The van der Waals surface area contributed by atoms with Gasteiger partial charge >= 0.3 is 12.0 Å². The van der Waals surface area contributed by atoms with Crippen LogP contribution in [-0.4, -0.2) is 63.8 Å². The summed E-state index contributed by atoms with van der Waals surface area (Å²) in [5, 5.41) is 19.5. The summed E-state index contributed by atoms with van der Waals surface area (Å²) in [6.07, 6.45) is 3.27. The molecule has 0 spiro atoms. The number of carbonyl (C=O) groups excluding carboxylic acids is 1. The smallest absolute Gasteiger partial charge is 0.326 e. The number of β-amino-alcohol motifs (C(OH)–C–C–N with tert-alkyl or cyclic N) is 1. The summed E-state index contributed by atoms with van der Waals surface area (Å²) in [7, 11) is 0. The van der Waals surface area contributed by atoms with Crippen molar-refractivity contribution in [2.45, 2.75) is 44.8 Å². The molecular weight excluding hydrogens is 272 g/mol. The van der Waals surface area contributed by atoms with Crippen LogP contribution >= 0.6 is 0 Å². The molecule has 5 atom stereocenters. The normalized spacial score (nSPS) is 39.4. The van der Waals surface area contributed by atoms with Gasteiger partial charge in [0.1, 0.15) is 6.04 Å². The minimum atomic E-state index is -0.885. The summed E-state index contributed by atoms with van der Waals surface area (Å²) in [5.74, 6) is -0.241. The molecule has 0 radical (unpaired) electrons. The first-order valence-electron chi connectivity index (χ1n) is 7.95. The molecule has 2 saturated heterocycles. The third kappa shape index (κ3) is 2.50. The lowest BCUT2D eigenvalue weighted by atomic mass is 9.94. The molecule has 0 aromatic rings. The Balaban J connectivity index is 1.73. The molecule has 3 aliphatic rings. The topological polar surface area (TPSA) is 81.1 Å². The molecule has 3 rings (SSSR count). The van der Waals surface area contributed by atoms with Crippen LogP contribution in [0.25, 0.3) is 0 Å². The van der Waals surface area contributed by atoms with Crippen molar-refractivity contribution < 1.29 is 19.8 Å². The van der Waals surface area contributed by atoms with Gasteiger partial charge in [-0.3, -0.25) is 0 Å². The Kier molecular flexibility index (Phi) is 3.82. The first-order valence-corrected chi connectivity index (χ1v) is 7.95. The second kappa shape index (κ2) is 5.48. The number of rotatable bonds is 1. The van der Waals surface area contributed by atoms with E-state index in [0.717, 1.165) is 25.7 Å². The molecule has 2 N–H and O–H groups in total. The van der Waals surface area contributed by atoms with Gasteiger partial charge < -0.3 is 20.0 Å². The molecule has 0 bridgehead atoms. The molecule has 1 aliphatic carbocycles. The van der Waals surface area contributed by atoms with Gasteiger partial charge in [-0.05, 0) is 37.0 Å². The lowest BCUT2D eigenvalue weighted by Crippen LogP contribution is -2.54. The van der Waals surface area contributed by atoms with E-state index in [4.69, 9.17) is 0 Å². The Bertz CT molecular complexity index is 441. The molecule has 5 unspecified atom stereocenters. The van der Waals surface area contributed by atoms with E-state index in [-0.39, 0.29) is 17.9 Å². The van der Waals surface area contributed by atoms with Gasteiger partial charge in [-0.1, -0.05) is 13.3 Å². The average Bonchev–Trinajstić information content (AvgIpc) is 3.00. The van der Waals surface area contributed by atoms with E-state index in [1.54, 1.807) is 9.80 Å². The van der Waals surface area contributed by atoms with E-state index in [9.17, 15) is 19.8 Å². The van der Waals surface area contributed by atoms with Crippen molar-refractivity contribution in [1.29, 1.82) is 0 Å². The van der Waals surface area contributed by atoms with E-state index in [1.165, 1.54) is 0 Å². The number of carboxylic acid groups (broad SMARTS) is 1. The van der Waals surface area contributed by atoms with Crippen LogP contribution in [0.5, 0.6) is 0 Å². The van der Waals surface area contributed by atoms with E-state index in [2.05, 4.69) is 0 Å². The number of amides is 2. The van der Waals surface area contributed by atoms with Crippen LogP contribution in [0.1, 0.15) is 32.6 Å². The van der Waals surface area contributed by atoms with Crippen LogP contribution in [0.4, 0.5) is 4.79 Å². The monoisotopic (exact) mass is 296 g/mol. The Morgan fingerprint density at radius 1 is 1.14 bits per heavy atom. The number of carboxylic acids is 1.